The van der Waals surface area contributed by atoms with E-state index >= 15 is 0 Å². The molecule has 138 valence electrons. The molecule has 1 unspecified atom stereocenters. The van der Waals surface area contributed by atoms with E-state index in [4.69, 9.17) is 12.2 Å². The average molecular weight is 449 g/mol. The molecule has 0 amide bonds. The van der Waals surface area contributed by atoms with Gasteiger partial charge in [0.15, 0.2) is 3.91 Å². The Bertz CT molecular complexity index is 975. The molecule has 3 aromatic rings. The maximum Gasteiger partial charge on any atom is 0.200 e. The molecular formula is C20H16O2S5. The minimum Gasteiger partial charge on any atom is -0.222 e. The molecule has 0 saturated heterocycles. The van der Waals surface area contributed by atoms with Crippen molar-refractivity contribution in [1.82, 2.24) is 0 Å². The predicted octanol–water partition coefficient (Wildman–Crippen LogP) is 6.35. The van der Waals surface area contributed by atoms with Crippen molar-refractivity contribution in [3.63, 3.8) is 0 Å². The number of sulfone groups is 1. The molecular weight excluding hydrogens is 433 g/mol. The Morgan fingerprint density at radius 3 is 1.78 bits per heavy atom. The minimum absolute atomic E-state index is 0.304. The van der Waals surface area contributed by atoms with Gasteiger partial charge in [0.2, 0.25) is 9.84 Å². The van der Waals surface area contributed by atoms with Crippen molar-refractivity contribution in [2.75, 3.05) is 0 Å². The van der Waals surface area contributed by atoms with Crippen molar-refractivity contribution >= 4 is 60.9 Å². The summed E-state index contributed by atoms with van der Waals surface area (Å²) in [5, 5.41) is 0. The first-order valence-electron chi connectivity index (χ1n) is 8.00. The molecule has 0 aliphatic carbocycles. The van der Waals surface area contributed by atoms with Crippen molar-refractivity contribution in [2.45, 2.75) is 18.6 Å². The summed E-state index contributed by atoms with van der Waals surface area (Å²) >= 11 is 9.42. The van der Waals surface area contributed by atoms with Crippen molar-refractivity contribution in [1.29, 1.82) is 0 Å². The molecule has 0 heterocycles. The Balaban J connectivity index is 1.84. The summed E-state index contributed by atoms with van der Waals surface area (Å²) in [6.07, 6.45) is 0. The maximum atomic E-state index is 13.2. The summed E-state index contributed by atoms with van der Waals surface area (Å²) < 4.78 is 26.2. The Labute approximate surface area is 178 Å². The van der Waals surface area contributed by atoms with Gasteiger partial charge in [-0.1, -0.05) is 102 Å². The fraction of sp³-hybridized carbons (Fsp3) is 0.0500. The van der Waals surface area contributed by atoms with E-state index in [-0.39, 0.29) is 0 Å². The Kier molecular flexibility index (Phi) is 7.43. The van der Waals surface area contributed by atoms with Crippen molar-refractivity contribution < 1.29 is 8.42 Å². The van der Waals surface area contributed by atoms with Crippen LogP contribution >= 0.6 is 47.5 Å². The van der Waals surface area contributed by atoms with Crippen molar-refractivity contribution in [3.05, 3.63) is 91.0 Å². The standard InChI is InChI=1S/C20H16O2S5/c21-27(22,18-14-8-3-9-15-18)20(25-17-12-6-2-7-13-17)26-19(23)24-16-10-4-1-5-11-16/h1-15,20H. The molecule has 3 rings (SSSR count). The van der Waals surface area contributed by atoms with Crippen molar-refractivity contribution in [3.8, 4) is 0 Å². The molecule has 1 atom stereocenters. The highest BCUT2D eigenvalue weighted by atomic mass is 32.3. The van der Waals surface area contributed by atoms with Crippen LogP contribution in [-0.2, 0) is 9.84 Å². The third-order valence-electron chi connectivity index (χ3n) is 3.44. The van der Waals surface area contributed by atoms with Gasteiger partial charge in [-0.05, 0) is 36.4 Å². The lowest BCUT2D eigenvalue weighted by Gasteiger charge is -2.17. The van der Waals surface area contributed by atoms with Gasteiger partial charge in [0.25, 0.3) is 0 Å². The van der Waals surface area contributed by atoms with E-state index in [0.717, 1.165) is 9.79 Å². The number of hydrogen-bond acceptors (Lipinski definition) is 6. The summed E-state index contributed by atoms with van der Waals surface area (Å²) in [5.74, 6) is 0. The van der Waals surface area contributed by atoms with Gasteiger partial charge in [-0.2, -0.15) is 0 Å². The summed E-state index contributed by atoms with van der Waals surface area (Å²) in [4.78, 5) is 2.19. The van der Waals surface area contributed by atoms with Gasteiger partial charge in [-0.15, -0.1) is 0 Å². The first kappa shape index (κ1) is 20.5. The number of rotatable bonds is 6. The number of thiocarbonyl (C=S) groups is 1. The zero-order chi connectivity index (χ0) is 19.1. The van der Waals surface area contributed by atoms with Crippen LogP contribution in [0.3, 0.4) is 0 Å². The fourth-order valence-electron chi connectivity index (χ4n) is 2.17. The number of thioether (sulfide) groups is 3. The molecule has 0 aliphatic rings. The third-order valence-corrected chi connectivity index (χ3v) is 10.4. The van der Waals surface area contributed by atoms with E-state index in [0.29, 0.717) is 8.42 Å². The second-order valence-corrected chi connectivity index (χ2v) is 12.8. The highest BCUT2D eigenvalue weighted by molar-refractivity contribution is 8.52. The summed E-state index contributed by atoms with van der Waals surface area (Å²) in [6, 6.07) is 27.8. The van der Waals surface area contributed by atoms with Gasteiger partial charge in [0, 0.05) is 9.79 Å². The molecule has 0 saturated carbocycles. The first-order valence-corrected chi connectivity index (χ1v) is 12.5. The zero-order valence-corrected chi connectivity index (χ0v) is 18.2. The highest BCUT2D eigenvalue weighted by Gasteiger charge is 2.30. The lowest BCUT2D eigenvalue weighted by Crippen LogP contribution is -2.16. The van der Waals surface area contributed by atoms with E-state index in [1.807, 2.05) is 60.7 Å². The Morgan fingerprint density at radius 1 is 0.741 bits per heavy atom. The molecule has 7 heteroatoms. The van der Waals surface area contributed by atoms with Gasteiger partial charge < -0.3 is 0 Å². The molecule has 2 nitrogen and oxygen atoms in total. The van der Waals surface area contributed by atoms with Gasteiger partial charge in [-0.25, -0.2) is 8.42 Å². The molecule has 0 N–H and O–H groups in total. The number of hydrogen-bond donors (Lipinski definition) is 0. The molecule has 0 fully saturated rings. The topological polar surface area (TPSA) is 34.1 Å². The SMILES string of the molecule is O=S(=O)(c1ccccc1)C(SC(=S)Sc1ccccc1)Sc1ccccc1. The van der Waals surface area contributed by atoms with Gasteiger partial charge in [0.05, 0.1) is 4.90 Å². The van der Waals surface area contributed by atoms with E-state index < -0.39 is 13.8 Å². The average Bonchev–Trinajstić information content (AvgIpc) is 2.70. The van der Waals surface area contributed by atoms with Gasteiger partial charge >= 0.3 is 0 Å². The fourth-order valence-corrected chi connectivity index (χ4v) is 9.30. The molecule has 0 spiro atoms. The molecule has 0 aromatic heterocycles. The summed E-state index contributed by atoms with van der Waals surface area (Å²) in [5.41, 5.74) is 0. The molecule has 0 radical (unpaired) electrons. The second-order valence-electron chi connectivity index (χ2n) is 5.36. The quantitative estimate of drug-likeness (QED) is 0.248. The first-order chi connectivity index (χ1) is 13.1. The van der Waals surface area contributed by atoms with Crippen LogP contribution < -0.4 is 0 Å². The smallest absolute Gasteiger partial charge is 0.200 e. The van der Waals surface area contributed by atoms with Gasteiger partial charge in [0.1, 0.15) is 3.53 Å². The van der Waals surface area contributed by atoms with E-state index in [1.165, 1.54) is 35.3 Å². The van der Waals surface area contributed by atoms with Crippen LogP contribution in [0.2, 0.25) is 0 Å². The maximum absolute atomic E-state index is 13.2. The molecule has 27 heavy (non-hydrogen) atoms. The van der Waals surface area contributed by atoms with E-state index in [9.17, 15) is 8.42 Å². The van der Waals surface area contributed by atoms with Crippen LogP contribution in [0, 0.1) is 0 Å². The van der Waals surface area contributed by atoms with Crippen LogP contribution in [-0.4, -0.2) is 15.9 Å². The van der Waals surface area contributed by atoms with Crippen LogP contribution in [0.15, 0.2) is 106 Å². The predicted molar refractivity (Wildman–Crippen MR) is 122 cm³/mol. The third kappa shape index (κ3) is 5.86. The van der Waals surface area contributed by atoms with Crippen LogP contribution in [0.5, 0.6) is 0 Å². The normalized spacial score (nSPS) is 12.4. The molecule has 0 aliphatic heterocycles. The zero-order valence-electron chi connectivity index (χ0n) is 14.1. The van der Waals surface area contributed by atoms with Crippen LogP contribution in [0.1, 0.15) is 0 Å². The lowest BCUT2D eigenvalue weighted by molar-refractivity contribution is 0.599. The summed E-state index contributed by atoms with van der Waals surface area (Å²) in [7, 11) is -3.56. The van der Waals surface area contributed by atoms with Crippen LogP contribution in [0.4, 0.5) is 0 Å². The largest absolute Gasteiger partial charge is 0.222 e. The highest BCUT2D eigenvalue weighted by Crippen LogP contribution is 2.41. The van der Waals surface area contributed by atoms with Crippen molar-refractivity contribution in [2.24, 2.45) is 0 Å². The second kappa shape index (κ2) is 9.80. The monoisotopic (exact) mass is 448 g/mol. The summed E-state index contributed by atoms with van der Waals surface area (Å²) in [6.45, 7) is 0. The minimum atomic E-state index is -3.56. The Hall–Kier alpha value is -1.25. The van der Waals surface area contributed by atoms with Crippen LogP contribution in [0.25, 0.3) is 0 Å². The lowest BCUT2D eigenvalue weighted by atomic mass is 10.4. The van der Waals surface area contributed by atoms with E-state index in [2.05, 4.69) is 0 Å². The number of benzene rings is 3. The Morgan fingerprint density at radius 2 is 1.22 bits per heavy atom. The van der Waals surface area contributed by atoms with Gasteiger partial charge in [-0.3, -0.25) is 0 Å². The molecule has 0 bridgehead atoms. The molecule has 3 aromatic carbocycles. The van der Waals surface area contributed by atoms with E-state index in [1.54, 1.807) is 30.3 Å².